The largest absolute Gasteiger partial charge is 0.330 e. The summed E-state index contributed by atoms with van der Waals surface area (Å²) in [7, 11) is -3.57. The van der Waals surface area contributed by atoms with E-state index in [1.807, 2.05) is 13.8 Å². The molecule has 0 amide bonds. The van der Waals surface area contributed by atoms with Crippen LogP contribution in [0.4, 0.5) is 4.39 Å². The van der Waals surface area contributed by atoms with Crippen molar-refractivity contribution >= 4 is 12.8 Å². The molecule has 0 saturated heterocycles. The second kappa shape index (κ2) is 5.58. The van der Waals surface area contributed by atoms with Gasteiger partial charge in [0.25, 0.3) is 7.52 Å². The van der Waals surface area contributed by atoms with E-state index in [0.717, 1.165) is 12.8 Å². The van der Waals surface area contributed by atoms with E-state index in [-0.39, 0.29) is 11.3 Å². The highest BCUT2D eigenvalue weighted by molar-refractivity contribution is 7.64. The molecule has 0 aliphatic rings. The molecule has 0 fully saturated rings. The summed E-state index contributed by atoms with van der Waals surface area (Å²) in [6.45, 7) is 3.87. The van der Waals surface area contributed by atoms with Crippen LogP contribution in [-0.4, -0.2) is 10.9 Å². The van der Waals surface area contributed by atoms with Gasteiger partial charge in [-0.2, -0.15) is 0 Å². The first-order chi connectivity index (χ1) is 7.45. The summed E-state index contributed by atoms with van der Waals surface area (Å²) in [5.41, 5.74) is 0. The average Bonchev–Trinajstić information content (AvgIpc) is 2.17. The van der Waals surface area contributed by atoms with Gasteiger partial charge in [0.1, 0.15) is 5.82 Å². The molecule has 0 aliphatic carbocycles. The van der Waals surface area contributed by atoms with Crippen LogP contribution in [0, 0.1) is 5.82 Å². The maximum Gasteiger partial charge on any atom is 0.297 e. The fourth-order valence-electron chi connectivity index (χ4n) is 1.51. The van der Waals surface area contributed by atoms with Crippen molar-refractivity contribution in [2.45, 2.75) is 32.7 Å². The standard InChI is InChI=1S/C11H17FNO2P/c1-3-4-9(2)13-16(14,15)11-7-5-10(12)6-8-11/h5-9H,3-4H2,1-2H3,(H2,13,14,15). The predicted octanol–water partition coefficient (Wildman–Crippen LogP) is 2.41. The quantitative estimate of drug-likeness (QED) is 0.783. The molecule has 0 spiro atoms. The van der Waals surface area contributed by atoms with E-state index in [1.54, 1.807) is 0 Å². The van der Waals surface area contributed by atoms with Gasteiger partial charge in [0.15, 0.2) is 0 Å². The van der Waals surface area contributed by atoms with Crippen molar-refractivity contribution in [2.24, 2.45) is 0 Å². The Hall–Kier alpha value is -0.700. The Labute approximate surface area is 95.2 Å². The van der Waals surface area contributed by atoms with Crippen LogP contribution in [-0.2, 0) is 4.57 Å². The minimum Gasteiger partial charge on any atom is -0.330 e. The normalized spacial score (nSPS) is 16.8. The van der Waals surface area contributed by atoms with Crippen molar-refractivity contribution in [2.75, 3.05) is 0 Å². The van der Waals surface area contributed by atoms with E-state index in [2.05, 4.69) is 5.09 Å². The molecule has 2 unspecified atom stereocenters. The van der Waals surface area contributed by atoms with Crippen molar-refractivity contribution in [1.29, 1.82) is 0 Å². The Balaban J connectivity index is 2.77. The zero-order valence-corrected chi connectivity index (χ0v) is 10.4. The highest BCUT2D eigenvalue weighted by Gasteiger charge is 2.22. The second-order valence-corrected chi connectivity index (χ2v) is 5.80. The van der Waals surface area contributed by atoms with Gasteiger partial charge in [-0.25, -0.2) is 9.48 Å². The average molecular weight is 245 g/mol. The van der Waals surface area contributed by atoms with Crippen molar-refractivity contribution in [3.63, 3.8) is 0 Å². The Kier molecular flexibility index (Phi) is 4.66. The lowest BCUT2D eigenvalue weighted by Crippen LogP contribution is -2.27. The Bertz CT molecular complexity index is 380. The third kappa shape index (κ3) is 3.71. The van der Waals surface area contributed by atoms with Crippen molar-refractivity contribution in [3.8, 4) is 0 Å². The lowest BCUT2D eigenvalue weighted by molar-refractivity contribution is 0.457. The first-order valence-corrected chi connectivity index (χ1v) is 6.98. The summed E-state index contributed by atoms with van der Waals surface area (Å²) in [5, 5.41) is 2.91. The van der Waals surface area contributed by atoms with Crippen LogP contribution in [0.5, 0.6) is 0 Å². The molecule has 2 N–H and O–H groups in total. The Morgan fingerprint density at radius 1 is 1.44 bits per heavy atom. The SMILES string of the molecule is CCCC(C)NP(=O)(O)c1ccc(F)cc1. The summed E-state index contributed by atoms with van der Waals surface area (Å²) in [6, 6.07) is 5.00. The maximum atomic E-state index is 12.7. The molecule has 1 aromatic rings. The van der Waals surface area contributed by atoms with Gasteiger partial charge in [0.2, 0.25) is 0 Å². The molecular weight excluding hydrogens is 228 g/mol. The number of hydrogen-bond donors (Lipinski definition) is 2. The molecule has 0 aromatic heterocycles. The summed E-state index contributed by atoms with van der Waals surface area (Å²) in [4.78, 5) is 9.80. The molecule has 16 heavy (non-hydrogen) atoms. The molecular formula is C11H17FNO2P. The molecule has 5 heteroatoms. The van der Waals surface area contributed by atoms with Crippen LogP contribution in [0.25, 0.3) is 0 Å². The van der Waals surface area contributed by atoms with E-state index in [1.165, 1.54) is 24.3 Å². The summed E-state index contributed by atoms with van der Waals surface area (Å²) >= 11 is 0. The molecule has 90 valence electrons. The van der Waals surface area contributed by atoms with Gasteiger partial charge in [-0.1, -0.05) is 13.3 Å². The fraction of sp³-hybridized carbons (Fsp3) is 0.455. The topological polar surface area (TPSA) is 49.3 Å². The molecule has 1 rings (SSSR count). The minimum absolute atomic E-state index is 0.0362. The van der Waals surface area contributed by atoms with Gasteiger partial charge in [-0.15, -0.1) is 0 Å². The van der Waals surface area contributed by atoms with Crippen LogP contribution in [0.15, 0.2) is 24.3 Å². The summed E-state index contributed by atoms with van der Waals surface area (Å²) < 4.78 is 24.6. The Morgan fingerprint density at radius 2 is 2.00 bits per heavy atom. The van der Waals surface area contributed by atoms with Crippen molar-refractivity contribution in [1.82, 2.24) is 5.09 Å². The van der Waals surface area contributed by atoms with Crippen LogP contribution in [0.1, 0.15) is 26.7 Å². The molecule has 0 saturated carbocycles. The zero-order valence-electron chi connectivity index (χ0n) is 9.48. The third-order valence-electron chi connectivity index (χ3n) is 2.29. The summed E-state index contributed by atoms with van der Waals surface area (Å²) in [6.07, 6.45) is 1.77. The van der Waals surface area contributed by atoms with Gasteiger partial charge in [0.05, 0.1) is 5.30 Å². The number of rotatable bonds is 5. The van der Waals surface area contributed by atoms with Crippen molar-refractivity contribution < 1.29 is 13.8 Å². The maximum absolute atomic E-state index is 12.7. The number of hydrogen-bond acceptors (Lipinski definition) is 1. The number of nitrogens with one attached hydrogen (secondary N) is 1. The van der Waals surface area contributed by atoms with Crippen molar-refractivity contribution in [3.05, 3.63) is 30.1 Å². The molecule has 0 heterocycles. The van der Waals surface area contributed by atoms with Gasteiger partial charge in [-0.05, 0) is 37.6 Å². The molecule has 0 aliphatic heterocycles. The zero-order chi connectivity index (χ0) is 12.2. The first-order valence-electron chi connectivity index (χ1n) is 5.32. The Morgan fingerprint density at radius 3 is 2.50 bits per heavy atom. The van der Waals surface area contributed by atoms with E-state index >= 15 is 0 Å². The van der Waals surface area contributed by atoms with E-state index in [9.17, 15) is 13.8 Å². The highest BCUT2D eigenvalue weighted by Crippen LogP contribution is 2.35. The molecule has 2 atom stereocenters. The van der Waals surface area contributed by atoms with Crippen LogP contribution < -0.4 is 10.4 Å². The van der Waals surface area contributed by atoms with Crippen LogP contribution in [0.3, 0.4) is 0 Å². The fourth-order valence-corrected chi connectivity index (χ4v) is 2.94. The van der Waals surface area contributed by atoms with Crippen LogP contribution >= 0.6 is 7.52 Å². The van der Waals surface area contributed by atoms with Gasteiger partial charge >= 0.3 is 0 Å². The van der Waals surface area contributed by atoms with Gasteiger partial charge in [-0.3, -0.25) is 4.57 Å². The van der Waals surface area contributed by atoms with E-state index in [0.29, 0.717) is 0 Å². The first kappa shape index (κ1) is 13.4. The second-order valence-electron chi connectivity index (χ2n) is 3.87. The molecule has 1 aromatic carbocycles. The van der Waals surface area contributed by atoms with Crippen LogP contribution in [0.2, 0.25) is 0 Å². The van der Waals surface area contributed by atoms with E-state index < -0.39 is 13.3 Å². The highest BCUT2D eigenvalue weighted by atomic mass is 31.2. The number of benzene rings is 1. The molecule has 0 radical (unpaired) electrons. The smallest absolute Gasteiger partial charge is 0.297 e. The minimum atomic E-state index is -3.57. The molecule has 0 bridgehead atoms. The van der Waals surface area contributed by atoms with E-state index in [4.69, 9.17) is 0 Å². The lowest BCUT2D eigenvalue weighted by atomic mass is 10.2. The van der Waals surface area contributed by atoms with Gasteiger partial charge in [0, 0.05) is 6.04 Å². The van der Waals surface area contributed by atoms with Gasteiger partial charge < -0.3 is 4.89 Å². The number of halogens is 1. The summed E-state index contributed by atoms with van der Waals surface area (Å²) in [5.74, 6) is -0.412. The monoisotopic (exact) mass is 245 g/mol. The third-order valence-corrected chi connectivity index (χ3v) is 4.08. The molecule has 3 nitrogen and oxygen atoms in total. The predicted molar refractivity (Wildman–Crippen MR) is 63.4 cm³/mol. The lowest BCUT2D eigenvalue weighted by Gasteiger charge is -2.18.